The van der Waals surface area contributed by atoms with Crippen LogP contribution >= 0.6 is 11.6 Å². The third-order valence-corrected chi connectivity index (χ3v) is 5.47. The van der Waals surface area contributed by atoms with Crippen LogP contribution in [0.3, 0.4) is 0 Å². The van der Waals surface area contributed by atoms with Crippen LogP contribution in [0, 0.1) is 0 Å². The molecule has 1 aromatic carbocycles. The lowest BCUT2D eigenvalue weighted by molar-refractivity contribution is 0.0864. The number of hydrogen-bond acceptors (Lipinski definition) is 4. The zero-order valence-corrected chi connectivity index (χ0v) is 16.8. The number of benzene rings is 1. The number of aliphatic hydroxyl groups excluding tert-OH is 1. The first-order valence-electron chi connectivity index (χ1n) is 9.49. The molecule has 1 aliphatic rings. The van der Waals surface area contributed by atoms with Crippen LogP contribution in [0.5, 0.6) is 0 Å². The fourth-order valence-corrected chi connectivity index (χ4v) is 3.75. The molecule has 1 heterocycles. The molecule has 1 saturated carbocycles. The van der Waals surface area contributed by atoms with Gasteiger partial charge in [0, 0.05) is 30.1 Å². The van der Waals surface area contributed by atoms with Crippen molar-refractivity contribution in [2.45, 2.75) is 50.7 Å². The van der Waals surface area contributed by atoms with Crippen molar-refractivity contribution in [3.05, 3.63) is 58.0 Å². The van der Waals surface area contributed by atoms with Crippen LogP contribution in [0.2, 0.25) is 5.02 Å². The highest BCUT2D eigenvalue weighted by Gasteiger charge is 2.28. The standard InChI is InChI=1S/C21H25ClN2O4/c1-12(13-4-3-5-14(22)10-13)19-17(11-18(28-19)21(27)23-2)20(26)24-15-6-8-16(25)9-7-15/h3-5,10-12,15-16,25H,6-9H2,1-2H3,(H,23,27)(H,24,26)/t12-,15?,16?/m0/s1. The maximum atomic E-state index is 13.0. The first-order chi connectivity index (χ1) is 13.4. The van der Waals surface area contributed by atoms with Gasteiger partial charge in [0.2, 0.25) is 0 Å². The number of hydrogen-bond donors (Lipinski definition) is 3. The van der Waals surface area contributed by atoms with Crippen molar-refractivity contribution in [3.63, 3.8) is 0 Å². The number of carbonyl (C=O) groups excluding carboxylic acids is 2. The molecule has 0 radical (unpaired) electrons. The Morgan fingerprint density at radius 3 is 2.54 bits per heavy atom. The molecule has 1 fully saturated rings. The average molecular weight is 405 g/mol. The zero-order chi connectivity index (χ0) is 20.3. The van der Waals surface area contributed by atoms with Crippen molar-refractivity contribution in [1.29, 1.82) is 0 Å². The Hall–Kier alpha value is -2.31. The van der Waals surface area contributed by atoms with Gasteiger partial charge in [-0.05, 0) is 43.4 Å². The van der Waals surface area contributed by atoms with Gasteiger partial charge in [-0.3, -0.25) is 9.59 Å². The maximum Gasteiger partial charge on any atom is 0.286 e. The van der Waals surface area contributed by atoms with E-state index < -0.39 is 0 Å². The summed E-state index contributed by atoms with van der Waals surface area (Å²) in [6.45, 7) is 1.91. The molecule has 2 aromatic rings. The van der Waals surface area contributed by atoms with Gasteiger partial charge in [-0.1, -0.05) is 30.7 Å². The molecule has 3 rings (SSSR count). The number of halogens is 1. The molecule has 0 unspecified atom stereocenters. The number of furan rings is 1. The van der Waals surface area contributed by atoms with Crippen molar-refractivity contribution in [2.24, 2.45) is 0 Å². The van der Waals surface area contributed by atoms with Crippen molar-refractivity contribution in [1.82, 2.24) is 10.6 Å². The summed E-state index contributed by atoms with van der Waals surface area (Å²) in [5.41, 5.74) is 1.23. The van der Waals surface area contributed by atoms with Crippen LogP contribution in [0.15, 0.2) is 34.7 Å². The summed E-state index contributed by atoms with van der Waals surface area (Å²) in [6, 6.07) is 8.83. The largest absolute Gasteiger partial charge is 0.454 e. The maximum absolute atomic E-state index is 13.0. The summed E-state index contributed by atoms with van der Waals surface area (Å²) < 4.78 is 5.79. The van der Waals surface area contributed by atoms with Crippen molar-refractivity contribution >= 4 is 23.4 Å². The molecular weight excluding hydrogens is 380 g/mol. The van der Waals surface area contributed by atoms with E-state index in [1.807, 2.05) is 25.1 Å². The minimum atomic E-state index is -0.389. The van der Waals surface area contributed by atoms with Gasteiger partial charge in [0.1, 0.15) is 5.76 Å². The molecule has 1 aromatic heterocycles. The summed E-state index contributed by atoms with van der Waals surface area (Å²) in [5, 5.41) is 15.8. The molecule has 3 N–H and O–H groups in total. The summed E-state index contributed by atoms with van der Waals surface area (Å²) in [4.78, 5) is 25.0. The van der Waals surface area contributed by atoms with Gasteiger partial charge in [-0.25, -0.2) is 0 Å². The van der Waals surface area contributed by atoms with E-state index in [4.69, 9.17) is 16.0 Å². The van der Waals surface area contributed by atoms with Crippen LogP contribution < -0.4 is 10.6 Å². The van der Waals surface area contributed by atoms with E-state index in [0.29, 0.717) is 29.2 Å². The fraction of sp³-hybridized carbons (Fsp3) is 0.429. The second-order valence-corrected chi connectivity index (χ2v) is 7.66. The molecule has 150 valence electrons. The minimum absolute atomic E-state index is 0.00331. The normalized spacial score (nSPS) is 20.4. The number of carbonyl (C=O) groups is 2. The Labute approximate surface area is 169 Å². The molecular formula is C21H25ClN2O4. The molecule has 0 saturated heterocycles. The quantitative estimate of drug-likeness (QED) is 0.711. The zero-order valence-electron chi connectivity index (χ0n) is 16.0. The van der Waals surface area contributed by atoms with Crippen LogP contribution in [0.1, 0.15) is 70.8 Å². The van der Waals surface area contributed by atoms with E-state index in [2.05, 4.69) is 10.6 Å². The van der Waals surface area contributed by atoms with Crippen molar-refractivity contribution in [3.8, 4) is 0 Å². The molecule has 28 heavy (non-hydrogen) atoms. The second kappa shape index (κ2) is 8.80. The smallest absolute Gasteiger partial charge is 0.286 e. The van der Waals surface area contributed by atoms with Crippen LogP contribution in [0.4, 0.5) is 0 Å². The highest BCUT2D eigenvalue weighted by atomic mass is 35.5. The molecule has 0 bridgehead atoms. The Morgan fingerprint density at radius 1 is 1.18 bits per heavy atom. The number of aliphatic hydroxyl groups is 1. The lowest BCUT2D eigenvalue weighted by Crippen LogP contribution is -2.38. The average Bonchev–Trinajstić information content (AvgIpc) is 3.14. The Morgan fingerprint density at radius 2 is 1.89 bits per heavy atom. The molecule has 6 nitrogen and oxygen atoms in total. The summed E-state index contributed by atoms with van der Waals surface area (Å²) in [5.74, 6) is -0.403. The Balaban J connectivity index is 1.89. The lowest BCUT2D eigenvalue weighted by atomic mass is 9.92. The lowest BCUT2D eigenvalue weighted by Gasteiger charge is -2.26. The fourth-order valence-electron chi connectivity index (χ4n) is 3.55. The predicted octanol–water partition coefficient (Wildman–Crippen LogP) is 3.48. The van der Waals surface area contributed by atoms with Crippen molar-refractivity contribution < 1.29 is 19.1 Å². The molecule has 0 aliphatic heterocycles. The van der Waals surface area contributed by atoms with Gasteiger partial charge < -0.3 is 20.2 Å². The van der Waals surface area contributed by atoms with E-state index in [9.17, 15) is 14.7 Å². The van der Waals surface area contributed by atoms with Crippen LogP contribution in [-0.4, -0.2) is 36.1 Å². The Bertz CT molecular complexity index is 856. The highest BCUT2D eigenvalue weighted by Crippen LogP contribution is 2.31. The van der Waals surface area contributed by atoms with E-state index >= 15 is 0 Å². The number of rotatable bonds is 5. The van der Waals surface area contributed by atoms with Gasteiger partial charge in [-0.2, -0.15) is 0 Å². The van der Waals surface area contributed by atoms with E-state index in [1.54, 1.807) is 6.07 Å². The van der Waals surface area contributed by atoms with E-state index in [1.165, 1.54) is 13.1 Å². The molecule has 7 heteroatoms. The van der Waals surface area contributed by atoms with E-state index in [0.717, 1.165) is 18.4 Å². The van der Waals surface area contributed by atoms with Gasteiger partial charge in [0.25, 0.3) is 11.8 Å². The van der Waals surface area contributed by atoms with Gasteiger partial charge in [0.05, 0.1) is 11.7 Å². The summed E-state index contributed by atoms with van der Waals surface area (Å²) in [7, 11) is 1.51. The monoisotopic (exact) mass is 404 g/mol. The van der Waals surface area contributed by atoms with Gasteiger partial charge >= 0.3 is 0 Å². The predicted molar refractivity (Wildman–Crippen MR) is 107 cm³/mol. The van der Waals surface area contributed by atoms with Crippen LogP contribution in [0.25, 0.3) is 0 Å². The SMILES string of the molecule is CNC(=O)c1cc(C(=O)NC2CCC(O)CC2)c([C@@H](C)c2cccc(Cl)c2)o1. The minimum Gasteiger partial charge on any atom is -0.454 e. The third-order valence-electron chi connectivity index (χ3n) is 5.23. The first kappa shape index (κ1) is 20.4. The van der Waals surface area contributed by atoms with E-state index in [-0.39, 0.29) is 35.6 Å². The summed E-state index contributed by atoms with van der Waals surface area (Å²) >= 11 is 6.10. The summed E-state index contributed by atoms with van der Waals surface area (Å²) in [6.07, 6.45) is 2.51. The first-order valence-corrected chi connectivity index (χ1v) is 9.87. The molecule has 2 amide bonds. The molecule has 0 spiro atoms. The second-order valence-electron chi connectivity index (χ2n) is 7.22. The van der Waals surface area contributed by atoms with Crippen molar-refractivity contribution in [2.75, 3.05) is 7.05 Å². The molecule has 1 atom stereocenters. The highest BCUT2D eigenvalue weighted by molar-refractivity contribution is 6.30. The molecule has 1 aliphatic carbocycles. The Kier molecular flexibility index (Phi) is 6.42. The van der Waals surface area contributed by atoms with Gasteiger partial charge in [-0.15, -0.1) is 0 Å². The number of nitrogens with one attached hydrogen (secondary N) is 2. The van der Waals surface area contributed by atoms with Crippen LogP contribution in [-0.2, 0) is 0 Å². The topological polar surface area (TPSA) is 91.6 Å². The number of amides is 2. The third kappa shape index (κ3) is 4.56. The van der Waals surface area contributed by atoms with Gasteiger partial charge in [0.15, 0.2) is 5.76 Å².